The Balaban J connectivity index is 1.52. The summed E-state index contributed by atoms with van der Waals surface area (Å²) in [5, 5.41) is 19.7. The van der Waals surface area contributed by atoms with Crippen LogP contribution in [0.4, 0.5) is 11.5 Å². The largest absolute Gasteiger partial charge is 0.478 e. The van der Waals surface area contributed by atoms with E-state index in [9.17, 15) is 19.5 Å². The summed E-state index contributed by atoms with van der Waals surface area (Å²) in [5.41, 5.74) is 0.871. The molecule has 1 aromatic heterocycles. The van der Waals surface area contributed by atoms with Crippen molar-refractivity contribution in [2.24, 2.45) is 0 Å². The minimum absolute atomic E-state index is 0.0664. The van der Waals surface area contributed by atoms with Crippen molar-refractivity contribution in [3.8, 4) is 0 Å². The van der Waals surface area contributed by atoms with E-state index in [4.69, 9.17) is 4.52 Å². The fraction of sp³-hybridized carbons (Fsp3) is 0.154. The van der Waals surface area contributed by atoms with Gasteiger partial charge in [0.15, 0.2) is 5.82 Å². The van der Waals surface area contributed by atoms with Crippen LogP contribution < -0.4 is 10.6 Å². The Morgan fingerprint density at radius 3 is 2.37 bits per heavy atom. The molecule has 0 radical (unpaired) electrons. The third kappa shape index (κ3) is 5.52. The van der Waals surface area contributed by atoms with E-state index in [2.05, 4.69) is 15.8 Å². The number of carboxylic acids is 1. The molecule has 0 saturated heterocycles. The van der Waals surface area contributed by atoms with Crippen LogP contribution in [0.25, 0.3) is 10.8 Å². The molecule has 178 valence electrons. The van der Waals surface area contributed by atoms with Gasteiger partial charge in [-0.2, -0.15) is 0 Å². The highest BCUT2D eigenvalue weighted by Gasteiger charge is 2.20. The highest BCUT2D eigenvalue weighted by molar-refractivity contribution is 8.00. The van der Waals surface area contributed by atoms with Gasteiger partial charge in [0.25, 0.3) is 5.91 Å². The number of hydrogen-bond donors (Lipinski definition) is 3. The van der Waals surface area contributed by atoms with Gasteiger partial charge in [-0.05, 0) is 49.1 Å². The normalized spacial score (nSPS) is 11.7. The minimum Gasteiger partial charge on any atom is -0.478 e. The number of amides is 2. The van der Waals surface area contributed by atoms with Crippen LogP contribution in [-0.2, 0) is 4.79 Å². The molecule has 2 amide bonds. The number of aryl methyl sites for hydroxylation is 1. The van der Waals surface area contributed by atoms with Gasteiger partial charge in [0, 0.05) is 27.6 Å². The second kappa shape index (κ2) is 10.4. The smallest absolute Gasteiger partial charge is 0.336 e. The lowest BCUT2D eigenvalue weighted by Gasteiger charge is -2.15. The van der Waals surface area contributed by atoms with Crippen molar-refractivity contribution in [1.29, 1.82) is 0 Å². The summed E-state index contributed by atoms with van der Waals surface area (Å²) in [6, 6.07) is 18.8. The summed E-state index contributed by atoms with van der Waals surface area (Å²) in [7, 11) is 0. The lowest BCUT2D eigenvalue weighted by atomic mass is 9.98. The first-order chi connectivity index (χ1) is 16.9. The number of nitrogens with zero attached hydrogens (tertiary/aromatic N) is 1. The number of nitrogens with one attached hydrogen (secondary N) is 2. The van der Waals surface area contributed by atoms with Crippen molar-refractivity contribution in [1.82, 2.24) is 5.16 Å². The third-order valence-electron chi connectivity index (χ3n) is 5.29. The molecule has 0 aliphatic rings. The zero-order valence-corrected chi connectivity index (χ0v) is 19.9. The SMILES string of the molecule is CCC(Sc1cccc(NC(=O)c2cccc3cccc(C(=O)O)c23)c1)C(=O)Nc1cc(C)on1. The molecular formula is C26H23N3O5S. The predicted octanol–water partition coefficient (Wildman–Crippen LogP) is 5.60. The molecule has 4 aromatic rings. The molecule has 1 atom stereocenters. The van der Waals surface area contributed by atoms with E-state index in [1.807, 2.05) is 13.0 Å². The molecule has 1 unspecified atom stereocenters. The third-order valence-corrected chi connectivity index (χ3v) is 6.65. The molecule has 35 heavy (non-hydrogen) atoms. The molecule has 9 heteroatoms. The lowest BCUT2D eigenvalue weighted by Crippen LogP contribution is -2.24. The Kier molecular flexibility index (Phi) is 7.17. The van der Waals surface area contributed by atoms with Gasteiger partial charge in [-0.25, -0.2) is 4.79 Å². The summed E-state index contributed by atoms with van der Waals surface area (Å²) >= 11 is 1.37. The van der Waals surface area contributed by atoms with Gasteiger partial charge < -0.3 is 20.3 Å². The number of aromatic nitrogens is 1. The number of carboxylic acid groups (broad SMARTS) is 1. The molecule has 0 spiro atoms. The topological polar surface area (TPSA) is 122 Å². The molecule has 0 aliphatic carbocycles. The first-order valence-corrected chi connectivity index (χ1v) is 11.8. The number of carbonyl (C=O) groups excluding carboxylic acids is 2. The van der Waals surface area contributed by atoms with Crippen LogP contribution in [0.2, 0.25) is 0 Å². The lowest BCUT2D eigenvalue weighted by molar-refractivity contribution is -0.115. The van der Waals surface area contributed by atoms with Crippen LogP contribution in [0.5, 0.6) is 0 Å². The fourth-order valence-corrected chi connectivity index (χ4v) is 4.69. The van der Waals surface area contributed by atoms with Gasteiger partial charge in [-0.15, -0.1) is 11.8 Å². The average molecular weight is 490 g/mol. The molecule has 0 aliphatic heterocycles. The van der Waals surface area contributed by atoms with Gasteiger partial charge in [0.1, 0.15) is 5.76 Å². The number of thioether (sulfide) groups is 1. The van der Waals surface area contributed by atoms with Crippen molar-refractivity contribution in [2.75, 3.05) is 10.6 Å². The van der Waals surface area contributed by atoms with Crippen molar-refractivity contribution in [2.45, 2.75) is 30.4 Å². The Morgan fingerprint density at radius 1 is 1.00 bits per heavy atom. The summed E-state index contributed by atoms with van der Waals surface area (Å²) in [5.74, 6) is -0.747. The van der Waals surface area contributed by atoms with Crippen LogP contribution in [-0.4, -0.2) is 33.3 Å². The fourth-order valence-electron chi connectivity index (χ4n) is 3.67. The van der Waals surface area contributed by atoms with Crippen molar-refractivity contribution in [3.05, 3.63) is 83.6 Å². The molecule has 0 fully saturated rings. The number of anilines is 2. The summed E-state index contributed by atoms with van der Waals surface area (Å²) in [6.45, 7) is 3.66. The van der Waals surface area contributed by atoms with Crippen molar-refractivity contribution in [3.63, 3.8) is 0 Å². The van der Waals surface area contributed by atoms with Crippen LogP contribution in [0.1, 0.15) is 39.8 Å². The summed E-state index contributed by atoms with van der Waals surface area (Å²) in [6.07, 6.45) is 0.581. The summed E-state index contributed by atoms with van der Waals surface area (Å²) in [4.78, 5) is 38.3. The Hall–Kier alpha value is -4.11. The van der Waals surface area contributed by atoms with E-state index < -0.39 is 11.9 Å². The Bertz CT molecular complexity index is 1410. The Labute approximate surface area is 205 Å². The van der Waals surface area contributed by atoms with E-state index in [-0.39, 0.29) is 22.3 Å². The van der Waals surface area contributed by atoms with E-state index in [0.717, 1.165) is 4.90 Å². The van der Waals surface area contributed by atoms with E-state index in [0.29, 0.717) is 34.5 Å². The number of hydrogen-bond acceptors (Lipinski definition) is 6. The molecule has 0 saturated carbocycles. The molecule has 0 bridgehead atoms. The maximum atomic E-state index is 13.1. The zero-order chi connectivity index (χ0) is 24.9. The first kappa shape index (κ1) is 24.0. The van der Waals surface area contributed by atoms with Crippen LogP contribution in [0.15, 0.2) is 76.1 Å². The molecule has 4 rings (SSSR count). The molecule has 3 N–H and O–H groups in total. The summed E-state index contributed by atoms with van der Waals surface area (Å²) < 4.78 is 4.99. The Morgan fingerprint density at radius 2 is 1.71 bits per heavy atom. The van der Waals surface area contributed by atoms with Crippen LogP contribution in [0, 0.1) is 6.92 Å². The van der Waals surface area contributed by atoms with Crippen molar-refractivity contribution >= 4 is 51.8 Å². The number of fused-ring (bicyclic) bond motifs is 1. The highest BCUT2D eigenvalue weighted by Crippen LogP contribution is 2.29. The second-order valence-electron chi connectivity index (χ2n) is 7.82. The van der Waals surface area contributed by atoms with Crippen LogP contribution in [0.3, 0.4) is 0 Å². The molecule has 8 nitrogen and oxygen atoms in total. The molecular weight excluding hydrogens is 466 g/mol. The zero-order valence-electron chi connectivity index (χ0n) is 19.1. The number of benzene rings is 3. The van der Waals surface area contributed by atoms with Gasteiger partial charge >= 0.3 is 5.97 Å². The van der Waals surface area contributed by atoms with E-state index in [1.54, 1.807) is 61.5 Å². The number of rotatable bonds is 8. The van der Waals surface area contributed by atoms with Crippen molar-refractivity contribution < 1.29 is 24.0 Å². The average Bonchev–Trinajstić information content (AvgIpc) is 3.26. The van der Waals surface area contributed by atoms with Gasteiger partial charge in [-0.3, -0.25) is 9.59 Å². The first-order valence-electron chi connectivity index (χ1n) is 10.9. The maximum Gasteiger partial charge on any atom is 0.336 e. The van der Waals surface area contributed by atoms with Gasteiger partial charge in [0.05, 0.1) is 10.8 Å². The van der Waals surface area contributed by atoms with Gasteiger partial charge in [-0.1, -0.05) is 42.4 Å². The van der Waals surface area contributed by atoms with E-state index in [1.165, 1.54) is 17.8 Å². The van der Waals surface area contributed by atoms with Crippen LogP contribution >= 0.6 is 11.8 Å². The monoisotopic (exact) mass is 489 g/mol. The van der Waals surface area contributed by atoms with E-state index >= 15 is 0 Å². The molecule has 1 heterocycles. The quantitative estimate of drug-likeness (QED) is 0.276. The number of aromatic carboxylic acids is 1. The maximum absolute atomic E-state index is 13.1. The standard InChI is InChI=1S/C26H23N3O5S/c1-3-21(25(31)28-22-13-15(2)34-29-22)35-18-10-6-9-17(14-18)27-24(30)19-11-4-7-16-8-5-12-20(23(16)19)26(32)33/h4-14,21H,3H2,1-2H3,(H,27,30)(H,32,33)(H,28,29,31). The number of carbonyl (C=O) groups is 3. The molecule has 3 aromatic carbocycles. The second-order valence-corrected chi connectivity index (χ2v) is 9.10. The predicted molar refractivity (Wildman–Crippen MR) is 135 cm³/mol. The minimum atomic E-state index is -1.10. The van der Waals surface area contributed by atoms with Gasteiger partial charge in [0.2, 0.25) is 5.91 Å². The highest BCUT2D eigenvalue weighted by atomic mass is 32.2.